The Labute approximate surface area is 142 Å². The number of furan rings is 1. The van der Waals surface area contributed by atoms with Gasteiger partial charge in [-0.25, -0.2) is 0 Å². The van der Waals surface area contributed by atoms with Crippen LogP contribution < -0.4 is 0 Å². The average Bonchev–Trinajstić information content (AvgIpc) is 2.95. The third kappa shape index (κ3) is 3.32. The minimum absolute atomic E-state index is 0.0566. The van der Waals surface area contributed by atoms with Crippen molar-refractivity contribution < 1.29 is 14.3 Å². The maximum absolute atomic E-state index is 13.0. The summed E-state index contributed by atoms with van der Waals surface area (Å²) in [5.74, 6) is -0.0566. The van der Waals surface area contributed by atoms with Crippen LogP contribution in [0.1, 0.15) is 35.7 Å². The van der Waals surface area contributed by atoms with E-state index in [9.17, 15) is 9.90 Å². The number of fused-ring (bicyclic) bond motifs is 1. The lowest BCUT2D eigenvalue weighted by atomic mass is 9.92. The summed E-state index contributed by atoms with van der Waals surface area (Å²) in [4.78, 5) is 16.7. The highest BCUT2D eigenvalue weighted by Gasteiger charge is 2.36. The molecule has 1 N–H and O–H groups in total. The molecule has 1 aromatic carbocycles. The molecule has 0 bridgehead atoms. The summed E-state index contributed by atoms with van der Waals surface area (Å²) in [7, 11) is 3.88. The van der Waals surface area contributed by atoms with Gasteiger partial charge in [0.25, 0.3) is 5.91 Å². The fourth-order valence-electron chi connectivity index (χ4n) is 3.64. The first-order valence-corrected chi connectivity index (χ1v) is 8.58. The lowest BCUT2D eigenvalue weighted by Gasteiger charge is -2.40. The van der Waals surface area contributed by atoms with Crippen LogP contribution in [0.4, 0.5) is 0 Å². The molecule has 0 aliphatic carbocycles. The van der Waals surface area contributed by atoms with Crippen LogP contribution in [0, 0.1) is 0 Å². The van der Waals surface area contributed by atoms with Crippen LogP contribution in [0.5, 0.6) is 0 Å². The van der Waals surface area contributed by atoms with Gasteiger partial charge in [-0.15, -0.1) is 0 Å². The van der Waals surface area contributed by atoms with Gasteiger partial charge in [0.1, 0.15) is 11.8 Å². The highest BCUT2D eigenvalue weighted by atomic mass is 16.3. The normalized spacial score (nSPS) is 21.6. The van der Waals surface area contributed by atoms with Gasteiger partial charge < -0.3 is 19.3 Å². The van der Waals surface area contributed by atoms with Gasteiger partial charge in [0.05, 0.1) is 17.7 Å². The maximum atomic E-state index is 13.0. The fourth-order valence-corrected chi connectivity index (χ4v) is 3.64. The number of hydrogen-bond acceptors (Lipinski definition) is 4. The number of aliphatic hydroxyl groups is 1. The van der Waals surface area contributed by atoms with E-state index in [1.165, 1.54) is 5.56 Å². The van der Waals surface area contributed by atoms with E-state index in [1.807, 2.05) is 37.2 Å². The molecule has 1 amide bonds. The molecule has 24 heavy (non-hydrogen) atoms. The number of hydrogen-bond donors (Lipinski definition) is 1. The summed E-state index contributed by atoms with van der Waals surface area (Å²) in [5.41, 5.74) is 1.66. The molecule has 1 fully saturated rings. The Morgan fingerprint density at radius 2 is 2.21 bits per heavy atom. The van der Waals surface area contributed by atoms with Crippen LogP contribution in [-0.2, 0) is 6.42 Å². The first-order chi connectivity index (χ1) is 11.4. The predicted molar refractivity (Wildman–Crippen MR) is 94.2 cm³/mol. The van der Waals surface area contributed by atoms with Crippen molar-refractivity contribution in [1.29, 1.82) is 0 Å². The van der Waals surface area contributed by atoms with Crippen molar-refractivity contribution in [3.8, 4) is 0 Å². The van der Waals surface area contributed by atoms with Crippen LogP contribution in [0.25, 0.3) is 11.0 Å². The van der Waals surface area contributed by atoms with Crippen molar-refractivity contribution in [1.82, 2.24) is 9.80 Å². The zero-order valence-electron chi connectivity index (χ0n) is 14.7. The van der Waals surface area contributed by atoms with Gasteiger partial charge in [-0.2, -0.15) is 0 Å². The molecule has 1 atom stereocenters. The zero-order chi connectivity index (χ0) is 17.3. The molecule has 2 heterocycles. The van der Waals surface area contributed by atoms with E-state index in [0.717, 1.165) is 30.2 Å². The molecule has 2 aromatic rings. The van der Waals surface area contributed by atoms with Crippen molar-refractivity contribution in [2.75, 3.05) is 33.7 Å². The summed E-state index contributed by atoms with van der Waals surface area (Å²) in [6, 6.07) is 5.97. The Kier molecular flexibility index (Phi) is 4.65. The molecule has 0 spiro atoms. The number of carbonyl (C=O) groups excluding carboxylic acids is 1. The quantitative estimate of drug-likeness (QED) is 0.936. The number of nitrogens with zero attached hydrogens (tertiary/aromatic N) is 2. The van der Waals surface area contributed by atoms with Gasteiger partial charge in [-0.05, 0) is 51.1 Å². The van der Waals surface area contributed by atoms with Crippen LogP contribution in [0.3, 0.4) is 0 Å². The number of amides is 1. The molecule has 1 aromatic heterocycles. The molecule has 1 saturated heterocycles. The standard InChI is InChI=1S/C19H26N2O3/c1-4-14-6-7-17-15(10-14)16(11-24-17)18(22)21-9-5-8-19(23,13-21)12-20(2)3/h6-7,10-11,23H,4-5,8-9,12-13H2,1-3H3/t19-/m1/s1. The Balaban J connectivity index is 1.86. The first kappa shape index (κ1) is 17.0. The number of rotatable bonds is 4. The Morgan fingerprint density at radius 1 is 1.42 bits per heavy atom. The second-order valence-corrected chi connectivity index (χ2v) is 7.13. The summed E-state index contributed by atoms with van der Waals surface area (Å²) in [6.07, 6.45) is 4.00. The molecule has 0 unspecified atom stereocenters. The van der Waals surface area contributed by atoms with E-state index in [4.69, 9.17) is 4.42 Å². The summed E-state index contributed by atoms with van der Waals surface area (Å²) < 4.78 is 5.56. The number of β-amino-alcohol motifs (C(OH)–C–C–N with tert-alkyl or cyclic N) is 1. The minimum atomic E-state index is -0.842. The van der Waals surface area contributed by atoms with E-state index in [0.29, 0.717) is 25.2 Å². The molecule has 1 aliphatic rings. The van der Waals surface area contributed by atoms with Crippen LogP contribution in [-0.4, -0.2) is 60.1 Å². The van der Waals surface area contributed by atoms with E-state index in [-0.39, 0.29) is 5.91 Å². The summed E-state index contributed by atoms with van der Waals surface area (Å²) >= 11 is 0. The molecule has 0 radical (unpaired) electrons. The van der Waals surface area contributed by atoms with E-state index in [2.05, 4.69) is 6.92 Å². The molecule has 1 aliphatic heterocycles. The van der Waals surface area contributed by atoms with Crippen molar-refractivity contribution in [3.05, 3.63) is 35.6 Å². The van der Waals surface area contributed by atoms with E-state index in [1.54, 1.807) is 11.2 Å². The molecule has 3 rings (SSSR count). The van der Waals surface area contributed by atoms with Crippen molar-refractivity contribution in [2.24, 2.45) is 0 Å². The third-order valence-electron chi connectivity index (χ3n) is 4.73. The van der Waals surface area contributed by atoms with Gasteiger partial charge >= 0.3 is 0 Å². The largest absolute Gasteiger partial charge is 0.463 e. The smallest absolute Gasteiger partial charge is 0.257 e. The molecular weight excluding hydrogens is 304 g/mol. The molecule has 130 valence electrons. The number of piperidine rings is 1. The SMILES string of the molecule is CCc1ccc2occ(C(=O)N3CCC[C@@](O)(CN(C)C)C3)c2c1. The lowest BCUT2D eigenvalue weighted by Crippen LogP contribution is -2.54. The topological polar surface area (TPSA) is 56.9 Å². The molecule has 0 saturated carbocycles. The average molecular weight is 330 g/mol. The predicted octanol–water partition coefficient (Wildman–Crippen LogP) is 2.52. The second-order valence-electron chi connectivity index (χ2n) is 7.13. The van der Waals surface area contributed by atoms with Gasteiger partial charge in [-0.1, -0.05) is 13.0 Å². The Bertz CT molecular complexity index is 737. The van der Waals surface area contributed by atoms with Crippen LogP contribution >= 0.6 is 0 Å². The highest BCUT2D eigenvalue weighted by molar-refractivity contribution is 6.06. The van der Waals surface area contributed by atoms with Gasteiger partial charge in [0.15, 0.2) is 0 Å². The molecule has 5 nitrogen and oxygen atoms in total. The monoisotopic (exact) mass is 330 g/mol. The fraction of sp³-hybridized carbons (Fsp3) is 0.526. The Morgan fingerprint density at radius 3 is 2.92 bits per heavy atom. The highest BCUT2D eigenvalue weighted by Crippen LogP contribution is 2.27. The number of carbonyl (C=O) groups is 1. The first-order valence-electron chi connectivity index (χ1n) is 8.58. The number of benzene rings is 1. The Hall–Kier alpha value is -1.85. The van der Waals surface area contributed by atoms with Crippen LogP contribution in [0.2, 0.25) is 0 Å². The van der Waals surface area contributed by atoms with Gasteiger partial charge in [0.2, 0.25) is 0 Å². The number of aryl methyl sites for hydroxylation is 1. The molecular formula is C19H26N2O3. The lowest BCUT2D eigenvalue weighted by molar-refractivity contribution is -0.0391. The van der Waals surface area contributed by atoms with Crippen molar-refractivity contribution in [2.45, 2.75) is 31.8 Å². The van der Waals surface area contributed by atoms with Crippen LogP contribution in [0.15, 0.2) is 28.9 Å². The number of likely N-dealkylation sites (tertiary alicyclic amines) is 1. The van der Waals surface area contributed by atoms with Crippen molar-refractivity contribution in [3.63, 3.8) is 0 Å². The van der Waals surface area contributed by atoms with Gasteiger partial charge in [0, 0.05) is 18.5 Å². The van der Waals surface area contributed by atoms with Crippen molar-refractivity contribution >= 4 is 16.9 Å². The van der Waals surface area contributed by atoms with Gasteiger partial charge in [-0.3, -0.25) is 4.79 Å². The zero-order valence-corrected chi connectivity index (χ0v) is 14.7. The minimum Gasteiger partial charge on any atom is -0.463 e. The maximum Gasteiger partial charge on any atom is 0.257 e. The molecule has 5 heteroatoms. The second kappa shape index (κ2) is 6.57. The summed E-state index contributed by atoms with van der Waals surface area (Å²) in [5, 5.41) is 11.7. The third-order valence-corrected chi connectivity index (χ3v) is 4.73. The summed E-state index contributed by atoms with van der Waals surface area (Å²) in [6.45, 7) is 3.69. The van der Waals surface area contributed by atoms with E-state index < -0.39 is 5.60 Å². The number of likely N-dealkylation sites (N-methyl/N-ethyl adjacent to an activating group) is 1. The van der Waals surface area contributed by atoms with E-state index >= 15 is 0 Å².